The highest BCUT2D eigenvalue weighted by atomic mass is 16.5. The van der Waals surface area contributed by atoms with Gasteiger partial charge in [-0.1, -0.05) is 13.8 Å². The number of carbonyl (C=O) groups excluding carboxylic acids is 1. The van der Waals surface area contributed by atoms with Gasteiger partial charge in [-0.05, 0) is 43.7 Å². The van der Waals surface area contributed by atoms with E-state index in [1.807, 2.05) is 0 Å². The lowest BCUT2D eigenvalue weighted by Crippen LogP contribution is -2.43. The Hall–Kier alpha value is -0.610. The fraction of sp³-hybridized carbons (Fsp3) is 0.929. The summed E-state index contributed by atoms with van der Waals surface area (Å²) < 4.78 is 5.18. The summed E-state index contributed by atoms with van der Waals surface area (Å²) in [6.45, 7) is 6.98. The highest BCUT2D eigenvalue weighted by Crippen LogP contribution is 2.58. The Labute approximate surface area is 110 Å². The fourth-order valence-electron chi connectivity index (χ4n) is 3.06. The molecule has 0 aromatic heterocycles. The molecule has 0 aromatic rings. The second-order valence-electron chi connectivity index (χ2n) is 6.18. The Morgan fingerprint density at radius 1 is 1.44 bits per heavy atom. The van der Waals surface area contributed by atoms with E-state index in [4.69, 9.17) is 4.74 Å². The van der Waals surface area contributed by atoms with E-state index in [-0.39, 0.29) is 17.9 Å². The zero-order valence-corrected chi connectivity index (χ0v) is 11.8. The number of methoxy groups -OCH3 is 1. The molecule has 2 rings (SSSR count). The van der Waals surface area contributed by atoms with Crippen LogP contribution in [0.2, 0.25) is 0 Å². The summed E-state index contributed by atoms with van der Waals surface area (Å²) in [4.78, 5) is 12.3. The van der Waals surface area contributed by atoms with Crippen LogP contribution in [0.3, 0.4) is 0 Å². The quantitative estimate of drug-likeness (QED) is 0.774. The number of piperidine rings is 1. The molecule has 1 saturated heterocycles. The Morgan fingerprint density at radius 3 is 2.67 bits per heavy atom. The number of rotatable bonds is 5. The molecule has 0 radical (unpaired) electrons. The smallest absolute Gasteiger partial charge is 0.223 e. The zero-order valence-electron chi connectivity index (χ0n) is 11.8. The topological polar surface area (TPSA) is 50.4 Å². The molecule has 1 spiro atoms. The van der Waals surface area contributed by atoms with Crippen molar-refractivity contribution in [1.82, 2.24) is 10.6 Å². The van der Waals surface area contributed by atoms with Gasteiger partial charge in [0.2, 0.25) is 5.91 Å². The van der Waals surface area contributed by atoms with Crippen molar-refractivity contribution < 1.29 is 9.53 Å². The van der Waals surface area contributed by atoms with E-state index in [1.54, 1.807) is 7.11 Å². The molecule has 1 aliphatic carbocycles. The summed E-state index contributed by atoms with van der Waals surface area (Å²) in [6, 6.07) is 0.141. The molecule has 1 aliphatic heterocycles. The van der Waals surface area contributed by atoms with E-state index in [0.29, 0.717) is 17.9 Å². The molecule has 104 valence electrons. The normalized spacial score (nSPS) is 27.2. The summed E-state index contributed by atoms with van der Waals surface area (Å²) in [5.74, 6) is 0.905. The van der Waals surface area contributed by atoms with E-state index in [2.05, 4.69) is 24.5 Å². The van der Waals surface area contributed by atoms with Gasteiger partial charge in [-0.2, -0.15) is 0 Å². The zero-order chi connectivity index (χ0) is 13.2. The largest absolute Gasteiger partial charge is 0.383 e. The molecule has 1 saturated carbocycles. The molecule has 2 aliphatic rings. The van der Waals surface area contributed by atoms with Gasteiger partial charge in [0.15, 0.2) is 0 Å². The lowest BCUT2D eigenvalue weighted by atomic mass is 9.91. The predicted octanol–water partition coefficient (Wildman–Crippen LogP) is 1.16. The van der Waals surface area contributed by atoms with Crippen molar-refractivity contribution in [1.29, 1.82) is 0 Å². The second kappa shape index (κ2) is 5.57. The number of hydrogen-bond donors (Lipinski definition) is 2. The highest BCUT2D eigenvalue weighted by molar-refractivity contribution is 5.82. The summed E-state index contributed by atoms with van der Waals surface area (Å²) in [5.41, 5.74) is 0.323. The first kappa shape index (κ1) is 13.8. The Balaban J connectivity index is 1.85. The van der Waals surface area contributed by atoms with Gasteiger partial charge in [-0.3, -0.25) is 4.79 Å². The molecule has 0 bridgehead atoms. The SMILES string of the molecule is COCC(NC(=O)C1CC12CCNCC2)C(C)C. The number of hydrogen-bond acceptors (Lipinski definition) is 3. The van der Waals surface area contributed by atoms with Crippen molar-refractivity contribution in [3.8, 4) is 0 Å². The van der Waals surface area contributed by atoms with E-state index < -0.39 is 0 Å². The maximum atomic E-state index is 12.3. The van der Waals surface area contributed by atoms with Crippen LogP contribution in [0.25, 0.3) is 0 Å². The lowest BCUT2D eigenvalue weighted by molar-refractivity contribution is -0.124. The number of amides is 1. The van der Waals surface area contributed by atoms with Crippen LogP contribution in [0, 0.1) is 17.3 Å². The van der Waals surface area contributed by atoms with Crippen LogP contribution in [0.5, 0.6) is 0 Å². The van der Waals surface area contributed by atoms with Crippen LogP contribution >= 0.6 is 0 Å². The molecule has 2 unspecified atom stereocenters. The number of carbonyl (C=O) groups is 1. The second-order valence-corrected chi connectivity index (χ2v) is 6.18. The molecule has 2 atom stereocenters. The maximum absolute atomic E-state index is 12.3. The first-order valence-corrected chi connectivity index (χ1v) is 7.09. The molecule has 0 aromatic carbocycles. The third-order valence-electron chi connectivity index (χ3n) is 4.58. The molecule has 2 N–H and O–H groups in total. The molecule has 2 fully saturated rings. The van der Waals surface area contributed by atoms with Gasteiger partial charge in [-0.15, -0.1) is 0 Å². The van der Waals surface area contributed by atoms with E-state index >= 15 is 0 Å². The summed E-state index contributed by atoms with van der Waals surface area (Å²) in [6.07, 6.45) is 3.39. The van der Waals surface area contributed by atoms with Gasteiger partial charge in [0.1, 0.15) is 0 Å². The van der Waals surface area contributed by atoms with Crippen molar-refractivity contribution in [2.45, 2.75) is 39.2 Å². The molecule has 18 heavy (non-hydrogen) atoms. The van der Waals surface area contributed by atoms with E-state index in [9.17, 15) is 4.79 Å². The maximum Gasteiger partial charge on any atom is 0.223 e. The van der Waals surface area contributed by atoms with Crippen LogP contribution in [-0.4, -0.2) is 38.8 Å². The van der Waals surface area contributed by atoms with Crippen molar-refractivity contribution in [2.75, 3.05) is 26.8 Å². The monoisotopic (exact) mass is 254 g/mol. The Bertz CT molecular complexity index is 298. The summed E-state index contributed by atoms with van der Waals surface area (Å²) in [7, 11) is 1.69. The minimum Gasteiger partial charge on any atom is -0.383 e. The van der Waals surface area contributed by atoms with Gasteiger partial charge >= 0.3 is 0 Å². The predicted molar refractivity (Wildman–Crippen MR) is 71.3 cm³/mol. The lowest BCUT2D eigenvalue weighted by Gasteiger charge is -2.25. The van der Waals surface area contributed by atoms with Gasteiger partial charge in [0.25, 0.3) is 0 Å². The first-order chi connectivity index (χ1) is 8.59. The average molecular weight is 254 g/mol. The third kappa shape index (κ3) is 2.86. The van der Waals surface area contributed by atoms with Crippen LogP contribution in [0.4, 0.5) is 0 Å². The fourth-order valence-corrected chi connectivity index (χ4v) is 3.06. The summed E-state index contributed by atoms with van der Waals surface area (Å²) in [5, 5.41) is 6.53. The Kier molecular flexibility index (Phi) is 4.28. The van der Waals surface area contributed by atoms with Crippen molar-refractivity contribution >= 4 is 5.91 Å². The molecular formula is C14H26N2O2. The standard InChI is InChI=1S/C14H26N2O2/c1-10(2)12(9-18-3)16-13(17)11-8-14(11)4-6-15-7-5-14/h10-12,15H,4-9H2,1-3H3,(H,16,17). The Morgan fingerprint density at radius 2 is 2.11 bits per heavy atom. The van der Waals surface area contributed by atoms with Crippen molar-refractivity contribution in [2.24, 2.45) is 17.3 Å². The minimum atomic E-state index is 0.141. The molecule has 1 heterocycles. The van der Waals surface area contributed by atoms with Gasteiger partial charge < -0.3 is 15.4 Å². The highest BCUT2D eigenvalue weighted by Gasteiger charge is 2.57. The van der Waals surface area contributed by atoms with Crippen LogP contribution in [0.15, 0.2) is 0 Å². The van der Waals surface area contributed by atoms with Crippen LogP contribution in [0.1, 0.15) is 33.1 Å². The molecule has 4 nitrogen and oxygen atoms in total. The third-order valence-corrected chi connectivity index (χ3v) is 4.58. The molecule has 1 amide bonds. The molecule has 4 heteroatoms. The number of ether oxygens (including phenoxy) is 1. The molecular weight excluding hydrogens is 228 g/mol. The summed E-state index contributed by atoms with van der Waals surface area (Å²) >= 11 is 0. The average Bonchev–Trinajstić information content (AvgIpc) is 3.03. The van der Waals surface area contributed by atoms with Crippen molar-refractivity contribution in [3.05, 3.63) is 0 Å². The van der Waals surface area contributed by atoms with E-state index in [0.717, 1.165) is 32.4 Å². The minimum absolute atomic E-state index is 0.141. The number of nitrogens with one attached hydrogen (secondary N) is 2. The van der Waals surface area contributed by atoms with Crippen LogP contribution in [-0.2, 0) is 9.53 Å². The van der Waals surface area contributed by atoms with Gasteiger partial charge in [-0.25, -0.2) is 0 Å². The van der Waals surface area contributed by atoms with Gasteiger partial charge in [0, 0.05) is 13.0 Å². The van der Waals surface area contributed by atoms with Crippen molar-refractivity contribution in [3.63, 3.8) is 0 Å². The van der Waals surface area contributed by atoms with E-state index in [1.165, 1.54) is 0 Å². The first-order valence-electron chi connectivity index (χ1n) is 7.09. The van der Waals surface area contributed by atoms with Gasteiger partial charge in [0.05, 0.1) is 12.6 Å². The van der Waals surface area contributed by atoms with Crippen LogP contribution < -0.4 is 10.6 Å².